The van der Waals surface area contributed by atoms with Crippen LogP contribution in [0.15, 0.2) is 42.5 Å². The second-order valence-electron chi connectivity index (χ2n) is 3.89. The number of rotatable bonds is 2. The molecule has 0 spiro atoms. The molecule has 2 aromatic carbocycles. The summed E-state index contributed by atoms with van der Waals surface area (Å²) in [6.45, 7) is 0. The number of alkyl halides is 3. The van der Waals surface area contributed by atoms with E-state index in [1.54, 1.807) is 0 Å². The van der Waals surface area contributed by atoms with E-state index in [2.05, 4.69) is 0 Å². The van der Waals surface area contributed by atoms with Crippen molar-refractivity contribution in [2.24, 2.45) is 0 Å². The number of halogens is 4. The molecule has 2 rings (SSSR count). The summed E-state index contributed by atoms with van der Waals surface area (Å²) >= 11 is 0. The molecule has 0 aromatic heterocycles. The summed E-state index contributed by atoms with van der Waals surface area (Å²) in [6, 6.07) is 8.80. The van der Waals surface area contributed by atoms with Crippen LogP contribution in [0.1, 0.15) is 5.56 Å². The first-order valence-corrected chi connectivity index (χ1v) is 5.43. The summed E-state index contributed by atoms with van der Waals surface area (Å²) in [5, 5.41) is 0. The van der Waals surface area contributed by atoms with E-state index in [-0.39, 0.29) is 16.9 Å². The van der Waals surface area contributed by atoms with Gasteiger partial charge in [0.2, 0.25) is 0 Å². The zero-order chi connectivity index (χ0) is 14.0. The van der Waals surface area contributed by atoms with Crippen molar-refractivity contribution in [1.29, 1.82) is 0 Å². The topological polar surface area (TPSA) is 9.23 Å². The van der Waals surface area contributed by atoms with Gasteiger partial charge in [-0.1, -0.05) is 18.2 Å². The largest absolute Gasteiger partial charge is 0.497 e. The molecule has 1 nitrogen and oxygen atoms in total. The van der Waals surface area contributed by atoms with Crippen molar-refractivity contribution < 1.29 is 22.3 Å². The van der Waals surface area contributed by atoms with Crippen molar-refractivity contribution in [3.8, 4) is 16.9 Å². The number of ether oxygens (including phenoxy) is 1. The minimum atomic E-state index is -4.58. The Morgan fingerprint density at radius 3 is 2.21 bits per heavy atom. The van der Waals surface area contributed by atoms with Crippen molar-refractivity contribution in [2.45, 2.75) is 6.18 Å². The summed E-state index contributed by atoms with van der Waals surface area (Å²) in [4.78, 5) is 0. The molecule has 0 radical (unpaired) electrons. The fraction of sp³-hybridized carbons (Fsp3) is 0.143. The molecule has 0 N–H and O–H groups in total. The standard InChI is InChI=1S/C14H10F4O/c1-19-9-6-7-10(12(8-9)14(16,17)18)11-4-2-3-5-13(11)15/h2-8H,1H3. The highest BCUT2D eigenvalue weighted by atomic mass is 19.4. The molecule has 0 unspecified atom stereocenters. The third-order valence-corrected chi connectivity index (χ3v) is 2.70. The van der Waals surface area contributed by atoms with Crippen molar-refractivity contribution in [3.05, 3.63) is 53.8 Å². The second kappa shape index (κ2) is 4.91. The van der Waals surface area contributed by atoms with E-state index >= 15 is 0 Å². The van der Waals surface area contributed by atoms with E-state index in [9.17, 15) is 17.6 Å². The Kier molecular flexibility index (Phi) is 3.46. The lowest BCUT2D eigenvalue weighted by Crippen LogP contribution is -2.08. The predicted octanol–water partition coefficient (Wildman–Crippen LogP) is 4.52. The van der Waals surface area contributed by atoms with Crippen LogP contribution in [-0.4, -0.2) is 7.11 Å². The fourth-order valence-electron chi connectivity index (χ4n) is 1.80. The molecule has 0 aliphatic carbocycles. The highest BCUT2D eigenvalue weighted by molar-refractivity contribution is 5.69. The Morgan fingerprint density at radius 1 is 0.947 bits per heavy atom. The molecule has 0 bridgehead atoms. The van der Waals surface area contributed by atoms with Gasteiger partial charge in [0.1, 0.15) is 11.6 Å². The van der Waals surface area contributed by atoms with Crippen LogP contribution in [0.2, 0.25) is 0 Å². The van der Waals surface area contributed by atoms with E-state index in [1.807, 2.05) is 0 Å². The third kappa shape index (κ3) is 2.70. The zero-order valence-electron chi connectivity index (χ0n) is 9.96. The lowest BCUT2D eigenvalue weighted by atomic mass is 9.98. The van der Waals surface area contributed by atoms with E-state index in [4.69, 9.17) is 4.74 Å². The summed E-state index contributed by atoms with van der Waals surface area (Å²) in [5.41, 5.74) is -1.21. The van der Waals surface area contributed by atoms with Crippen LogP contribution >= 0.6 is 0 Å². The van der Waals surface area contributed by atoms with Crippen molar-refractivity contribution in [3.63, 3.8) is 0 Å². The molecule has 0 amide bonds. The maximum absolute atomic E-state index is 13.6. The maximum Gasteiger partial charge on any atom is 0.417 e. The summed E-state index contributed by atoms with van der Waals surface area (Å²) in [5.74, 6) is -0.620. The van der Waals surface area contributed by atoms with Crippen LogP contribution in [0.5, 0.6) is 5.75 Å². The van der Waals surface area contributed by atoms with Gasteiger partial charge in [-0.25, -0.2) is 4.39 Å². The van der Waals surface area contributed by atoms with Gasteiger partial charge in [-0.2, -0.15) is 13.2 Å². The first-order chi connectivity index (χ1) is 8.93. The number of methoxy groups -OCH3 is 1. The molecule has 0 fully saturated rings. The molecule has 0 saturated heterocycles. The average Bonchev–Trinajstić information content (AvgIpc) is 2.38. The van der Waals surface area contributed by atoms with Gasteiger partial charge >= 0.3 is 6.18 Å². The molecule has 0 aliphatic rings. The molecule has 0 aliphatic heterocycles. The van der Waals surface area contributed by atoms with Gasteiger partial charge in [-0.3, -0.25) is 0 Å². The molecule has 19 heavy (non-hydrogen) atoms. The lowest BCUT2D eigenvalue weighted by molar-refractivity contribution is -0.137. The third-order valence-electron chi connectivity index (χ3n) is 2.70. The van der Waals surface area contributed by atoms with Gasteiger partial charge in [0, 0.05) is 5.56 Å². The lowest BCUT2D eigenvalue weighted by Gasteiger charge is -2.14. The molecule has 100 valence electrons. The van der Waals surface area contributed by atoms with Crippen molar-refractivity contribution in [1.82, 2.24) is 0 Å². The molecular weight excluding hydrogens is 260 g/mol. The molecule has 0 atom stereocenters. The normalized spacial score (nSPS) is 11.4. The van der Waals surface area contributed by atoms with E-state index in [0.717, 1.165) is 12.1 Å². The number of hydrogen-bond acceptors (Lipinski definition) is 1. The Balaban J connectivity index is 2.67. The molecular formula is C14H10F4O. The van der Waals surface area contributed by atoms with Gasteiger partial charge in [0.15, 0.2) is 0 Å². The minimum Gasteiger partial charge on any atom is -0.497 e. The van der Waals surface area contributed by atoms with Gasteiger partial charge < -0.3 is 4.74 Å². The number of benzene rings is 2. The second-order valence-corrected chi connectivity index (χ2v) is 3.89. The fourth-order valence-corrected chi connectivity index (χ4v) is 1.80. The molecule has 5 heteroatoms. The molecule has 0 heterocycles. The van der Waals surface area contributed by atoms with Gasteiger partial charge in [0.05, 0.1) is 12.7 Å². The predicted molar refractivity (Wildman–Crippen MR) is 63.4 cm³/mol. The zero-order valence-corrected chi connectivity index (χ0v) is 9.96. The van der Waals surface area contributed by atoms with Gasteiger partial charge in [0.25, 0.3) is 0 Å². The van der Waals surface area contributed by atoms with Crippen LogP contribution in [0.25, 0.3) is 11.1 Å². The van der Waals surface area contributed by atoms with Crippen molar-refractivity contribution >= 4 is 0 Å². The first-order valence-electron chi connectivity index (χ1n) is 5.43. The summed E-state index contributed by atoms with van der Waals surface area (Å²) in [6.07, 6.45) is -4.58. The number of hydrogen-bond donors (Lipinski definition) is 0. The molecule has 0 saturated carbocycles. The Labute approximate surface area is 107 Å². The van der Waals surface area contributed by atoms with E-state index < -0.39 is 17.6 Å². The van der Waals surface area contributed by atoms with Crippen LogP contribution in [0.3, 0.4) is 0 Å². The maximum atomic E-state index is 13.6. The van der Waals surface area contributed by atoms with Crippen LogP contribution < -0.4 is 4.74 Å². The summed E-state index contributed by atoms with van der Waals surface area (Å²) < 4.78 is 57.4. The van der Waals surface area contributed by atoms with Crippen LogP contribution in [-0.2, 0) is 6.18 Å². The van der Waals surface area contributed by atoms with Gasteiger partial charge in [-0.05, 0) is 29.8 Å². The quantitative estimate of drug-likeness (QED) is 0.729. The monoisotopic (exact) mass is 270 g/mol. The Hall–Kier alpha value is -2.04. The first kappa shape index (κ1) is 13.4. The minimum absolute atomic E-state index is 0.0763. The van der Waals surface area contributed by atoms with Crippen molar-refractivity contribution in [2.75, 3.05) is 7.11 Å². The van der Waals surface area contributed by atoms with Gasteiger partial charge in [-0.15, -0.1) is 0 Å². The smallest absolute Gasteiger partial charge is 0.417 e. The van der Waals surface area contributed by atoms with Crippen LogP contribution in [0.4, 0.5) is 17.6 Å². The van der Waals surface area contributed by atoms with E-state index in [0.29, 0.717) is 0 Å². The Bertz CT molecular complexity index is 590. The molecule has 2 aromatic rings. The SMILES string of the molecule is COc1ccc(-c2ccccc2F)c(C(F)(F)F)c1. The van der Waals surface area contributed by atoms with Crippen LogP contribution in [0, 0.1) is 5.82 Å². The average molecular weight is 270 g/mol. The Morgan fingerprint density at radius 2 is 1.63 bits per heavy atom. The summed E-state index contributed by atoms with van der Waals surface area (Å²) in [7, 11) is 1.28. The highest BCUT2D eigenvalue weighted by Gasteiger charge is 2.34. The highest BCUT2D eigenvalue weighted by Crippen LogP contribution is 2.39. The van der Waals surface area contributed by atoms with E-state index in [1.165, 1.54) is 37.4 Å².